The lowest BCUT2D eigenvalue weighted by atomic mass is 9.95. The van der Waals surface area contributed by atoms with Crippen molar-refractivity contribution in [1.29, 1.82) is 0 Å². The van der Waals surface area contributed by atoms with E-state index in [0.29, 0.717) is 41.2 Å². The number of rotatable bonds is 8. The first kappa shape index (κ1) is 19.5. The fourth-order valence-electron chi connectivity index (χ4n) is 3.04. The van der Waals surface area contributed by atoms with E-state index >= 15 is 0 Å². The zero-order valence-electron chi connectivity index (χ0n) is 15.6. The SMILES string of the molecule is COc1cc(C(=O)NC(C)(CN)C2CC2)ccc1OCc1ccc(Cl)cc1. The molecule has 1 unspecified atom stereocenters. The molecule has 3 N–H and O–H groups in total. The number of hydrogen-bond acceptors (Lipinski definition) is 4. The highest BCUT2D eigenvalue weighted by Gasteiger charge is 2.41. The van der Waals surface area contributed by atoms with Gasteiger partial charge in [0.15, 0.2) is 11.5 Å². The van der Waals surface area contributed by atoms with Gasteiger partial charge in [-0.05, 0) is 61.6 Å². The number of halogens is 1. The van der Waals surface area contributed by atoms with Crippen LogP contribution in [0.15, 0.2) is 42.5 Å². The predicted octanol–water partition coefficient (Wildman–Crippen LogP) is 3.78. The van der Waals surface area contributed by atoms with Crippen LogP contribution in [0.4, 0.5) is 0 Å². The Balaban J connectivity index is 1.69. The highest BCUT2D eigenvalue weighted by atomic mass is 35.5. The predicted molar refractivity (Wildman–Crippen MR) is 106 cm³/mol. The molecular formula is C21H25ClN2O3. The van der Waals surface area contributed by atoms with Crippen LogP contribution in [0.1, 0.15) is 35.7 Å². The summed E-state index contributed by atoms with van der Waals surface area (Å²) in [5.74, 6) is 1.39. The Morgan fingerprint density at radius 3 is 2.52 bits per heavy atom. The van der Waals surface area contributed by atoms with E-state index in [1.807, 2.05) is 31.2 Å². The van der Waals surface area contributed by atoms with Crippen LogP contribution >= 0.6 is 11.6 Å². The summed E-state index contributed by atoms with van der Waals surface area (Å²) in [6.45, 7) is 2.80. The minimum absolute atomic E-state index is 0.155. The third kappa shape index (κ3) is 4.73. The molecule has 2 aromatic rings. The topological polar surface area (TPSA) is 73.6 Å². The highest BCUT2D eigenvalue weighted by molar-refractivity contribution is 6.30. The van der Waals surface area contributed by atoms with Gasteiger partial charge in [0.25, 0.3) is 5.91 Å². The summed E-state index contributed by atoms with van der Waals surface area (Å²) in [6, 6.07) is 12.6. The van der Waals surface area contributed by atoms with Gasteiger partial charge in [-0.3, -0.25) is 4.79 Å². The van der Waals surface area contributed by atoms with E-state index in [1.54, 1.807) is 25.3 Å². The van der Waals surface area contributed by atoms with E-state index < -0.39 is 0 Å². The Labute approximate surface area is 164 Å². The number of carbonyl (C=O) groups excluding carboxylic acids is 1. The summed E-state index contributed by atoms with van der Waals surface area (Å²) in [5, 5.41) is 3.77. The van der Waals surface area contributed by atoms with Crippen LogP contribution in [0.3, 0.4) is 0 Å². The molecular weight excluding hydrogens is 364 g/mol. The first-order valence-electron chi connectivity index (χ1n) is 9.03. The molecule has 5 nitrogen and oxygen atoms in total. The van der Waals surface area contributed by atoms with E-state index in [2.05, 4.69) is 5.32 Å². The number of amides is 1. The lowest BCUT2D eigenvalue weighted by Crippen LogP contribution is -2.53. The van der Waals surface area contributed by atoms with Crippen LogP contribution < -0.4 is 20.5 Å². The molecule has 0 saturated heterocycles. The van der Waals surface area contributed by atoms with Gasteiger partial charge in [-0.2, -0.15) is 0 Å². The first-order valence-corrected chi connectivity index (χ1v) is 9.41. The molecule has 1 saturated carbocycles. The largest absolute Gasteiger partial charge is 0.493 e. The molecule has 1 atom stereocenters. The average molecular weight is 389 g/mol. The summed E-state index contributed by atoms with van der Waals surface area (Å²) in [5.41, 5.74) is 7.04. The Morgan fingerprint density at radius 2 is 1.93 bits per heavy atom. The second kappa shape index (κ2) is 8.19. The number of nitrogens with one attached hydrogen (secondary N) is 1. The molecule has 0 heterocycles. The van der Waals surface area contributed by atoms with Crippen molar-refractivity contribution in [2.75, 3.05) is 13.7 Å². The van der Waals surface area contributed by atoms with Crippen LogP contribution in [0.25, 0.3) is 0 Å². The zero-order chi connectivity index (χ0) is 19.4. The van der Waals surface area contributed by atoms with Gasteiger partial charge < -0.3 is 20.5 Å². The van der Waals surface area contributed by atoms with Crippen molar-refractivity contribution in [2.45, 2.75) is 31.9 Å². The molecule has 0 spiro atoms. The molecule has 2 aromatic carbocycles. The zero-order valence-corrected chi connectivity index (χ0v) is 16.4. The van der Waals surface area contributed by atoms with Gasteiger partial charge in [-0.15, -0.1) is 0 Å². The van der Waals surface area contributed by atoms with Gasteiger partial charge in [0.2, 0.25) is 0 Å². The molecule has 0 radical (unpaired) electrons. The van der Waals surface area contributed by atoms with Crippen molar-refractivity contribution in [3.05, 3.63) is 58.6 Å². The number of carbonyl (C=O) groups is 1. The molecule has 144 valence electrons. The van der Waals surface area contributed by atoms with Crippen molar-refractivity contribution < 1.29 is 14.3 Å². The standard InChI is InChI=1S/C21H25ClN2O3/c1-21(13-23,16-6-7-16)24-20(25)15-5-10-18(19(11-15)26-2)27-12-14-3-8-17(22)9-4-14/h3-5,8-11,16H,6-7,12-13,23H2,1-2H3,(H,24,25). The Hall–Kier alpha value is -2.24. The maximum Gasteiger partial charge on any atom is 0.251 e. The van der Waals surface area contributed by atoms with Gasteiger partial charge in [0, 0.05) is 17.1 Å². The van der Waals surface area contributed by atoms with Crippen molar-refractivity contribution in [3.63, 3.8) is 0 Å². The maximum absolute atomic E-state index is 12.7. The minimum atomic E-state index is -0.367. The Bertz CT molecular complexity index is 806. The van der Waals surface area contributed by atoms with Crippen LogP contribution in [0, 0.1) is 5.92 Å². The Morgan fingerprint density at radius 1 is 1.22 bits per heavy atom. The lowest BCUT2D eigenvalue weighted by Gasteiger charge is -2.29. The lowest BCUT2D eigenvalue weighted by molar-refractivity contribution is 0.0897. The second-order valence-corrected chi connectivity index (χ2v) is 7.57. The van der Waals surface area contributed by atoms with Crippen molar-refractivity contribution in [1.82, 2.24) is 5.32 Å². The van der Waals surface area contributed by atoms with Crippen LogP contribution in [0.2, 0.25) is 5.02 Å². The summed E-state index contributed by atoms with van der Waals surface area (Å²) in [7, 11) is 1.56. The van der Waals surface area contributed by atoms with Crippen LogP contribution in [0.5, 0.6) is 11.5 Å². The molecule has 0 aliphatic heterocycles. The molecule has 0 aromatic heterocycles. The fraction of sp³-hybridized carbons (Fsp3) is 0.381. The fourth-order valence-corrected chi connectivity index (χ4v) is 3.17. The van der Waals surface area contributed by atoms with E-state index in [9.17, 15) is 4.79 Å². The summed E-state index contributed by atoms with van der Waals surface area (Å²) >= 11 is 5.90. The van der Waals surface area contributed by atoms with Gasteiger partial charge in [0.1, 0.15) is 6.61 Å². The summed E-state index contributed by atoms with van der Waals surface area (Å²) < 4.78 is 11.2. The molecule has 27 heavy (non-hydrogen) atoms. The van der Waals surface area contributed by atoms with E-state index in [-0.39, 0.29) is 11.4 Å². The van der Waals surface area contributed by atoms with Gasteiger partial charge in [-0.1, -0.05) is 23.7 Å². The summed E-state index contributed by atoms with van der Waals surface area (Å²) in [6.07, 6.45) is 2.21. The molecule has 1 amide bonds. The average Bonchev–Trinajstić information content (AvgIpc) is 3.53. The van der Waals surface area contributed by atoms with Crippen LogP contribution in [-0.4, -0.2) is 25.1 Å². The number of ether oxygens (including phenoxy) is 2. The third-order valence-corrected chi connectivity index (χ3v) is 5.29. The number of methoxy groups -OCH3 is 1. The van der Waals surface area contributed by atoms with Gasteiger partial charge in [0.05, 0.1) is 12.6 Å². The number of hydrogen-bond donors (Lipinski definition) is 2. The van der Waals surface area contributed by atoms with Gasteiger partial charge in [-0.25, -0.2) is 0 Å². The quantitative estimate of drug-likeness (QED) is 0.721. The number of benzene rings is 2. The van der Waals surface area contributed by atoms with Crippen molar-refractivity contribution in [3.8, 4) is 11.5 Å². The van der Waals surface area contributed by atoms with Crippen molar-refractivity contribution >= 4 is 17.5 Å². The first-order chi connectivity index (χ1) is 12.9. The minimum Gasteiger partial charge on any atom is -0.493 e. The molecule has 1 aliphatic rings. The molecule has 3 rings (SSSR count). The molecule has 0 bridgehead atoms. The van der Waals surface area contributed by atoms with E-state index in [4.69, 9.17) is 26.8 Å². The highest BCUT2D eigenvalue weighted by Crippen LogP contribution is 2.39. The monoisotopic (exact) mass is 388 g/mol. The number of nitrogens with two attached hydrogens (primary N) is 1. The van der Waals surface area contributed by atoms with Crippen molar-refractivity contribution in [2.24, 2.45) is 11.7 Å². The molecule has 1 aliphatic carbocycles. The normalized spacial score (nSPS) is 15.7. The van der Waals surface area contributed by atoms with E-state index in [1.165, 1.54) is 0 Å². The molecule has 6 heteroatoms. The molecule has 1 fully saturated rings. The van der Waals surface area contributed by atoms with Gasteiger partial charge >= 0.3 is 0 Å². The van der Waals surface area contributed by atoms with Crippen LogP contribution in [-0.2, 0) is 6.61 Å². The third-order valence-electron chi connectivity index (χ3n) is 5.03. The smallest absolute Gasteiger partial charge is 0.251 e. The second-order valence-electron chi connectivity index (χ2n) is 7.13. The van der Waals surface area contributed by atoms with E-state index in [0.717, 1.165) is 18.4 Å². The maximum atomic E-state index is 12.7. The summed E-state index contributed by atoms with van der Waals surface area (Å²) in [4.78, 5) is 12.7. The Kier molecular flexibility index (Phi) is 5.92.